The van der Waals surface area contributed by atoms with E-state index >= 15 is 0 Å². The highest BCUT2D eigenvalue weighted by molar-refractivity contribution is 7.88. The highest BCUT2D eigenvalue weighted by Crippen LogP contribution is 2.29. The van der Waals surface area contributed by atoms with Crippen molar-refractivity contribution in [1.82, 2.24) is 19.3 Å². The molecule has 2 N–H and O–H groups in total. The molecule has 11 nitrogen and oxygen atoms in total. The second kappa shape index (κ2) is 10.8. The van der Waals surface area contributed by atoms with E-state index < -0.39 is 10.0 Å². The third-order valence-corrected chi connectivity index (χ3v) is 7.70. The van der Waals surface area contributed by atoms with E-state index in [-0.39, 0.29) is 30.9 Å². The van der Waals surface area contributed by atoms with Crippen LogP contribution < -0.4 is 14.9 Å². The summed E-state index contributed by atoms with van der Waals surface area (Å²) in [6.45, 7) is 0.307. The van der Waals surface area contributed by atoms with Crippen LogP contribution in [-0.2, 0) is 16.6 Å². The van der Waals surface area contributed by atoms with Crippen molar-refractivity contribution in [3.8, 4) is 10.6 Å². The fraction of sp³-hybridized carbons (Fsp3) is 0.154. The fourth-order valence-corrected chi connectivity index (χ4v) is 5.29. The molecule has 0 radical (unpaired) electrons. The molecule has 2 aromatic carbocycles. The Hall–Kier alpha value is -4.33. The van der Waals surface area contributed by atoms with Gasteiger partial charge in [-0.2, -0.15) is 0 Å². The van der Waals surface area contributed by atoms with E-state index in [1.807, 2.05) is 6.07 Å². The summed E-state index contributed by atoms with van der Waals surface area (Å²) in [6, 6.07) is 17.7. The zero-order valence-corrected chi connectivity index (χ0v) is 22.6. The van der Waals surface area contributed by atoms with Gasteiger partial charge in [-0.15, -0.1) is 11.3 Å². The number of carbonyl (C=O) groups is 2. The molecule has 0 aliphatic carbocycles. The third-order valence-electron chi connectivity index (χ3n) is 5.87. The summed E-state index contributed by atoms with van der Waals surface area (Å²) in [4.78, 5) is 37.3. The van der Waals surface area contributed by atoms with Crippen LogP contribution in [0.3, 0.4) is 0 Å². The number of imidazole rings is 1. The van der Waals surface area contributed by atoms with Gasteiger partial charge in [0.15, 0.2) is 12.2 Å². The minimum atomic E-state index is -3.41. The van der Waals surface area contributed by atoms with Gasteiger partial charge in [0.25, 0.3) is 11.8 Å². The van der Waals surface area contributed by atoms with Gasteiger partial charge in [-0.1, -0.05) is 18.2 Å². The summed E-state index contributed by atoms with van der Waals surface area (Å²) in [5, 5.41) is 2.84. The molecule has 3 heterocycles. The highest BCUT2D eigenvalue weighted by Gasteiger charge is 2.19. The molecule has 0 atom stereocenters. The predicted molar refractivity (Wildman–Crippen MR) is 150 cm³/mol. The number of thiophene rings is 1. The lowest BCUT2D eigenvalue weighted by Gasteiger charge is -2.17. The average molecular weight is 565 g/mol. The van der Waals surface area contributed by atoms with Crippen molar-refractivity contribution < 1.29 is 22.4 Å². The molecule has 5 rings (SSSR count). The maximum absolute atomic E-state index is 13.1. The number of fused-ring (bicyclic) bond motifs is 1. The lowest BCUT2D eigenvalue weighted by molar-refractivity contribution is 0.0991. The zero-order valence-electron chi connectivity index (χ0n) is 21.0. The number of anilines is 2. The van der Waals surface area contributed by atoms with Gasteiger partial charge in [0.05, 0.1) is 33.2 Å². The molecule has 0 unspecified atom stereocenters. The van der Waals surface area contributed by atoms with E-state index in [1.165, 1.54) is 22.6 Å². The Morgan fingerprint density at radius 2 is 1.90 bits per heavy atom. The first-order chi connectivity index (χ1) is 18.7. The molecule has 0 aliphatic heterocycles. The Morgan fingerprint density at radius 3 is 2.62 bits per heavy atom. The number of oxazole rings is 1. The Kier molecular flexibility index (Phi) is 7.28. The van der Waals surface area contributed by atoms with Crippen molar-refractivity contribution in [2.24, 2.45) is 0 Å². The molecule has 13 heteroatoms. The number of nitrogens with one attached hydrogen (secondary N) is 2. The number of sulfonamides is 1. The number of rotatable bonds is 9. The largest absolute Gasteiger partial charge is 0.443 e. The van der Waals surface area contributed by atoms with E-state index in [9.17, 15) is 18.0 Å². The number of benzene rings is 2. The van der Waals surface area contributed by atoms with Crippen LogP contribution in [0.2, 0.25) is 0 Å². The Labute approximate surface area is 228 Å². The summed E-state index contributed by atoms with van der Waals surface area (Å²) in [7, 11) is -1.73. The molecule has 0 spiro atoms. The molecule has 0 bridgehead atoms. The van der Waals surface area contributed by atoms with Crippen molar-refractivity contribution in [3.05, 3.63) is 83.7 Å². The standard InChI is InChI=1S/C26H24N6O5S2/c1-31(25(34)17-6-4-3-5-7-17)18-8-9-20-19(14-18)29-26(32(20)13-12-28-39(2,35)36)30-24(33)23-11-10-22(38-23)21-15-27-16-37-21/h3-11,14-16,28H,12-13H2,1-2H3,(H,29,30,33). The second-order valence-electron chi connectivity index (χ2n) is 8.64. The van der Waals surface area contributed by atoms with Gasteiger partial charge in [0.1, 0.15) is 0 Å². The molecule has 200 valence electrons. The summed E-state index contributed by atoms with van der Waals surface area (Å²) < 4.78 is 32.7. The van der Waals surface area contributed by atoms with E-state index in [4.69, 9.17) is 4.42 Å². The van der Waals surface area contributed by atoms with Crippen LogP contribution in [0.15, 0.2) is 77.7 Å². The third kappa shape index (κ3) is 5.90. The van der Waals surface area contributed by atoms with Crippen molar-refractivity contribution >= 4 is 55.8 Å². The average Bonchev–Trinajstić information content (AvgIpc) is 3.68. The molecule has 0 fully saturated rings. The van der Waals surface area contributed by atoms with Gasteiger partial charge < -0.3 is 13.9 Å². The molecular formula is C26H24N6O5S2. The molecule has 2 amide bonds. The van der Waals surface area contributed by atoms with Crippen molar-refractivity contribution in [3.63, 3.8) is 0 Å². The van der Waals surface area contributed by atoms with Crippen molar-refractivity contribution in [2.45, 2.75) is 6.54 Å². The van der Waals surface area contributed by atoms with Crippen LogP contribution in [0.4, 0.5) is 11.6 Å². The molecule has 0 saturated heterocycles. The predicted octanol–water partition coefficient (Wildman–Crippen LogP) is 3.83. The number of nitrogens with zero attached hydrogens (tertiary/aromatic N) is 4. The molecule has 0 saturated carbocycles. The minimum absolute atomic E-state index is 0.0932. The van der Waals surface area contributed by atoms with Crippen LogP contribution >= 0.6 is 11.3 Å². The minimum Gasteiger partial charge on any atom is -0.443 e. The Balaban J connectivity index is 1.45. The summed E-state index contributed by atoms with van der Waals surface area (Å²) >= 11 is 1.24. The molecule has 3 aromatic heterocycles. The van der Waals surface area contributed by atoms with Crippen molar-refractivity contribution in [2.75, 3.05) is 30.1 Å². The highest BCUT2D eigenvalue weighted by atomic mass is 32.2. The Morgan fingerprint density at radius 1 is 1.10 bits per heavy atom. The van der Waals surface area contributed by atoms with E-state index in [0.29, 0.717) is 32.9 Å². The van der Waals surface area contributed by atoms with E-state index in [1.54, 1.807) is 72.4 Å². The van der Waals surface area contributed by atoms with E-state index in [2.05, 4.69) is 20.0 Å². The topological polar surface area (TPSA) is 139 Å². The van der Waals surface area contributed by atoms with Gasteiger partial charge in [-0.3, -0.25) is 14.9 Å². The number of hydrogen-bond donors (Lipinski definition) is 2. The first-order valence-electron chi connectivity index (χ1n) is 11.8. The van der Waals surface area contributed by atoms with Crippen LogP contribution in [0, 0.1) is 0 Å². The normalized spacial score (nSPS) is 11.5. The second-order valence-corrected chi connectivity index (χ2v) is 11.6. The van der Waals surface area contributed by atoms with E-state index in [0.717, 1.165) is 11.1 Å². The molecular weight excluding hydrogens is 540 g/mol. The monoisotopic (exact) mass is 564 g/mol. The SMILES string of the molecule is CN(C(=O)c1ccccc1)c1ccc2c(c1)nc(NC(=O)c1ccc(-c3cnco3)s1)n2CCNS(C)(=O)=O. The lowest BCUT2D eigenvalue weighted by Crippen LogP contribution is -2.27. The molecule has 0 aliphatic rings. The maximum Gasteiger partial charge on any atom is 0.268 e. The van der Waals surface area contributed by atoms with Crippen LogP contribution in [-0.4, -0.2) is 54.6 Å². The number of hydrogen-bond acceptors (Lipinski definition) is 8. The van der Waals surface area contributed by atoms with Gasteiger partial charge in [0.2, 0.25) is 16.0 Å². The van der Waals surface area contributed by atoms with Crippen LogP contribution in [0.1, 0.15) is 20.0 Å². The zero-order chi connectivity index (χ0) is 27.6. The lowest BCUT2D eigenvalue weighted by atomic mass is 10.2. The first-order valence-corrected chi connectivity index (χ1v) is 14.5. The first kappa shape index (κ1) is 26.3. The smallest absolute Gasteiger partial charge is 0.268 e. The summed E-state index contributed by atoms with van der Waals surface area (Å²) in [5.41, 5.74) is 2.36. The molecule has 39 heavy (non-hydrogen) atoms. The van der Waals surface area contributed by atoms with Gasteiger partial charge >= 0.3 is 0 Å². The van der Waals surface area contributed by atoms with Crippen molar-refractivity contribution in [1.29, 1.82) is 0 Å². The Bertz CT molecular complexity index is 1740. The fourth-order valence-electron chi connectivity index (χ4n) is 3.98. The van der Waals surface area contributed by atoms with Gasteiger partial charge in [-0.25, -0.2) is 23.1 Å². The quantitative estimate of drug-likeness (QED) is 0.277. The summed E-state index contributed by atoms with van der Waals surface area (Å²) in [5.74, 6) is 0.240. The summed E-state index contributed by atoms with van der Waals surface area (Å²) in [6.07, 6.45) is 3.97. The van der Waals surface area contributed by atoms with Gasteiger partial charge in [-0.05, 0) is 42.5 Å². The molecule has 5 aromatic rings. The van der Waals surface area contributed by atoms with Crippen LogP contribution in [0.25, 0.3) is 21.7 Å². The number of carbonyl (C=O) groups excluding carboxylic acids is 2. The van der Waals surface area contributed by atoms with Crippen LogP contribution in [0.5, 0.6) is 0 Å². The maximum atomic E-state index is 13.1. The number of aromatic nitrogens is 3. The van der Waals surface area contributed by atoms with Gasteiger partial charge in [0, 0.05) is 31.4 Å². The number of amides is 2.